The van der Waals surface area contributed by atoms with Crippen LogP contribution in [0.5, 0.6) is 0 Å². The van der Waals surface area contributed by atoms with E-state index in [-0.39, 0.29) is 23.4 Å². The van der Waals surface area contributed by atoms with Crippen LogP contribution in [-0.4, -0.2) is 38.5 Å². The van der Waals surface area contributed by atoms with Crippen LogP contribution in [-0.2, 0) is 14.8 Å². The SMILES string of the molecule is O=C(O)CCCNC(=O)c1cccc(S(=O)(=O)NCC2CC2)c1. The summed E-state index contributed by atoms with van der Waals surface area (Å²) in [6.07, 6.45) is 2.38. The van der Waals surface area contributed by atoms with Crippen molar-refractivity contribution in [3.8, 4) is 0 Å². The fraction of sp³-hybridized carbons (Fsp3) is 0.467. The topological polar surface area (TPSA) is 113 Å². The minimum absolute atomic E-state index is 0.0280. The van der Waals surface area contributed by atoms with Crippen molar-refractivity contribution in [2.75, 3.05) is 13.1 Å². The highest BCUT2D eigenvalue weighted by Crippen LogP contribution is 2.28. The van der Waals surface area contributed by atoms with E-state index in [1.54, 1.807) is 0 Å². The molecule has 2 rings (SSSR count). The van der Waals surface area contributed by atoms with E-state index < -0.39 is 21.9 Å². The molecule has 1 saturated carbocycles. The number of benzene rings is 1. The predicted molar refractivity (Wildman–Crippen MR) is 83.6 cm³/mol. The number of carbonyl (C=O) groups is 2. The highest BCUT2D eigenvalue weighted by Gasteiger charge is 2.24. The van der Waals surface area contributed by atoms with Crippen LogP contribution < -0.4 is 10.0 Å². The fourth-order valence-electron chi connectivity index (χ4n) is 1.98. The van der Waals surface area contributed by atoms with E-state index in [9.17, 15) is 18.0 Å². The van der Waals surface area contributed by atoms with Gasteiger partial charge in [0, 0.05) is 25.1 Å². The lowest BCUT2D eigenvalue weighted by Crippen LogP contribution is -2.27. The number of nitrogens with one attached hydrogen (secondary N) is 2. The number of hydrogen-bond acceptors (Lipinski definition) is 4. The predicted octanol–water partition coefficient (Wildman–Crippen LogP) is 0.969. The van der Waals surface area contributed by atoms with Gasteiger partial charge in [0.2, 0.25) is 10.0 Å². The van der Waals surface area contributed by atoms with Gasteiger partial charge in [-0.1, -0.05) is 6.07 Å². The van der Waals surface area contributed by atoms with E-state index in [4.69, 9.17) is 5.11 Å². The molecule has 0 saturated heterocycles. The fourth-order valence-corrected chi connectivity index (χ4v) is 3.14. The van der Waals surface area contributed by atoms with Gasteiger partial charge in [-0.3, -0.25) is 9.59 Å². The number of sulfonamides is 1. The molecule has 0 heterocycles. The molecule has 1 aliphatic carbocycles. The molecule has 0 spiro atoms. The zero-order valence-corrected chi connectivity index (χ0v) is 13.4. The van der Waals surface area contributed by atoms with Crippen molar-refractivity contribution in [3.63, 3.8) is 0 Å². The van der Waals surface area contributed by atoms with Crippen LogP contribution in [0.2, 0.25) is 0 Å². The summed E-state index contributed by atoms with van der Waals surface area (Å²) in [6, 6.07) is 5.79. The van der Waals surface area contributed by atoms with Gasteiger partial charge < -0.3 is 10.4 Å². The van der Waals surface area contributed by atoms with Gasteiger partial charge in [0.15, 0.2) is 0 Å². The van der Waals surface area contributed by atoms with Crippen molar-refractivity contribution in [3.05, 3.63) is 29.8 Å². The molecular weight excluding hydrogens is 320 g/mol. The van der Waals surface area contributed by atoms with E-state index in [2.05, 4.69) is 10.0 Å². The van der Waals surface area contributed by atoms with Gasteiger partial charge in [0.25, 0.3) is 5.91 Å². The lowest BCUT2D eigenvalue weighted by atomic mass is 10.2. The van der Waals surface area contributed by atoms with Crippen molar-refractivity contribution < 1.29 is 23.1 Å². The number of carbonyl (C=O) groups excluding carboxylic acids is 1. The Bertz CT molecular complexity index is 683. The first kappa shape index (κ1) is 17.4. The molecule has 1 aromatic carbocycles. The number of hydrogen-bond donors (Lipinski definition) is 3. The van der Waals surface area contributed by atoms with E-state index in [0.717, 1.165) is 12.8 Å². The van der Waals surface area contributed by atoms with Gasteiger partial charge in [-0.2, -0.15) is 0 Å². The maximum Gasteiger partial charge on any atom is 0.303 e. The summed E-state index contributed by atoms with van der Waals surface area (Å²) >= 11 is 0. The van der Waals surface area contributed by atoms with Crippen LogP contribution in [0.25, 0.3) is 0 Å². The lowest BCUT2D eigenvalue weighted by Gasteiger charge is -2.08. The summed E-state index contributed by atoms with van der Waals surface area (Å²) in [4.78, 5) is 22.4. The van der Waals surface area contributed by atoms with Crippen molar-refractivity contribution >= 4 is 21.9 Å². The van der Waals surface area contributed by atoms with Gasteiger partial charge in [-0.05, 0) is 43.4 Å². The third-order valence-electron chi connectivity index (χ3n) is 3.52. The molecule has 0 aromatic heterocycles. The zero-order valence-electron chi connectivity index (χ0n) is 12.6. The highest BCUT2D eigenvalue weighted by atomic mass is 32.2. The number of aliphatic carboxylic acids is 1. The van der Waals surface area contributed by atoms with Crippen LogP contribution in [0.1, 0.15) is 36.0 Å². The molecular formula is C15H20N2O5S. The van der Waals surface area contributed by atoms with Gasteiger partial charge >= 0.3 is 5.97 Å². The molecule has 0 aliphatic heterocycles. The number of carboxylic acid groups (broad SMARTS) is 1. The average molecular weight is 340 g/mol. The first-order valence-corrected chi connectivity index (χ1v) is 8.96. The first-order valence-electron chi connectivity index (χ1n) is 7.48. The molecule has 1 amide bonds. The van der Waals surface area contributed by atoms with Crippen LogP contribution in [0.15, 0.2) is 29.2 Å². The summed E-state index contributed by atoms with van der Waals surface area (Å²) in [5, 5.41) is 11.1. The lowest BCUT2D eigenvalue weighted by molar-refractivity contribution is -0.137. The van der Waals surface area contributed by atoms with Gasteiger partial charge in [0.1, 0.15) is 0 Å². The zero-order chi connectivity index (χ0) is 16.9. The second kappa shape index (κ2) is 7.56. The highest BCUT2D eigenvalue weighted by molar-refractivity contribution is 7.89. The molecule has 0 unspecified atom stereocenters. The summed E-state index contributed by atoms with van der Waals surface area (Å²) in [5.41, 5.74) is 0.231. The molecule has 23 heavy (non-hydrogen) atoms. The van der Waals surface area contributed by atoms with Gasteiger partial charge in [0.05, 0.1) is 4.90 Å². The maximum atomic E-state index is 12.2. The van der Waals surface area contributed by atoms with E-state index in [1.807, 2.05) is 0 Å². The van der Waals surface area contributed by atoms with Crippen molar-refractivity contribution in [1.82, 2.24) is 10.0 Å². The summed E-state index contributed by atoms with van der Waals surface area (Å²) in [7, 11) is -3.62. The van der Waals surface area contributed by atoms with Crippen molar-refractivity contribution in [2.45, 2.75) is 30.6 Å². The van der Waals surface area contributed by atoms with E-state index >= 15 is 0 Å². The Balaban J connectivity index is 1.95. The Kier molecular flexibility index (Phi) is 5.73. The van der Waals surface area contributed by atoms with Crippen molar-refractivity contribution in [1.29, 1.82) is 0 Å². The summed E-state index contributed by atoms with van der Waals surface area (Å²) < 4.78 is 26.9. The minimum Gasteiger partial charge on any atom is -0.481 e. The molecule has 7 nitrogen and oxygen atoms in total. The van der Waals surface area contributed by atoms with Crippen LogP contribution in [0.3, 0.4) is 0 Å². The molecule has 1 aliphatic rings. The molecule has 0 atom stereocenters. The third-order valence-corrected chi connectivity index (χ3v) is 4.94. The van der Waals surface area contributed by atoms with Gasteiger partial charge in [-0.15, -0.1) is 0 Å². The quantitative estimate of drug-likeness (QED) is 0.580. The van der Waals surface area contributed by atoms with E-state index in [0.29, 0.717) is 18.9 Å². The molecule has 8 heteroatoms. The second-order valence-electron chi connectivity index (χ2n) is 5.58. The summed E-state index contributed by atoms with van der Waals surface area (Å²) in [6.45, 7) is 0.649. The number of rotatable bonds is 9. The normalized spacial score (nSPS) is 14.4. The van der Waals surface area contributed by atoms with Crippen LogP contribution in [0.4, 0.5) is 0 Å². The number of carboxylic acids is 1. The number of amides is 1. The monoisotopic (exact) mass is 340 g/mol. The van der Waals surface area contributed by atoms with Gasteiger partial charge in [-0.25, -0.2) is 13.1 Å². The molecule has 3 N–H and O–H groups in total. The second-order valence-corrected chi connectivity index (χ2v) is 7.34. The van der Waals surface area contributed by atoms with Crippen LogP contribution in [0, 0.1) is 5.92 Å². The maximum absolute atomic E-state index is 12.2. The van der Waals surface area contributed by atoms with Crippen molar-refractivity contribution in [2.24, 2.45) is 5.92 Å². The molecule has 1 aromatic rings. The van der Waals surface area contributed by atoms with Crippen LogP contribution >= 0.6 is 0 Å². The molecule has 0 bridgehead atoms. The molecule has 1 fully saturated rings. The Labute approximate surface area is 135 Å². The average Bonchev–Trinajstić information content (AvgIpc) is 3.34. The Morgan fingerprint density at radius 2 is 2.00 bits per heavy atom. The Hall–Kier alpha value is -1.93. The molecule has 126 valence electrons. The first-order chi connectivity index (χ1) is 10.9. The van der Waals surface area contributed by atoms with E-state index in [1.165, 1.54) is 24.3 Å². The Morgan fingerprint density at radius 1 is 1.26 bits per heavy atom. The standard InChI is InChI=1S/C15H20N2O5S/c18-14(19)5-2-8-16-15(20)12-3-1-4-13(9-12)23(21,22)17-10-11-6-7-11/h1,3-4,9,11,17H,2,5-8,10H2,(H,16,20)(H,18,19). The minimum atomic E-state index is -3.62. The largest absolute Gasteiger partial charge is 0.481 e. The summed E-state index contributed by atoms with van der Waals surface area (Å²) in [5.74, 6) is -0.922. The Morgan fingerprint density at radius 3 is 2.65 bits per heavy atom. The smallest absolute Gasteiger partial charge is 0.303 e. The third kappa shape index (κ3) is 5.65. The molecule has 0 radical (unpaired) electrons.